The van der Waals surface area contributed by atoms with Crippen LogP contribution >= 0.6 is 0 Å². The van der Waals surface area contributed by atoms with Crippen LogP contribution in [0.1, 0.15) is 24.2 Å². The smallest absolute Gasteiger partial charge is 0.257 e. The topological polar surface area (TPSA) is 69.6 Å². The van der Waals surface area contributed by atoms with Gasteiger partial charge < -0.3 is 15.3 Å². The molecule has 0 unspecified atom stereocenters. The van der Waals surface area contributed by atoms with Gasteiger partial charge in [0.1, 0.15) is 5.75 Å². The maximum absolute atomic E-state index is 12.0. The third-order valence-corrected chi connectivity index (χ3v) is 2.57. The standard InChI is InChI=1S/C14H20N2O3/c1-10(2)8-15-13(18)9-16(3)14(19)11-6-4-5-7-12(11)17/h4-7,10,17H,8-9H2,1-3H3,(H,15,18). The number of hydrogen-bond donors (Lipinski definition) is 2. The summed E-state index contributed by atoms with van der Waals surface area (Å²) in [5, 5.41) is 12.3. The molecule has 0 atom stereocenters. The molecule has 5 nitrogen and oxygen atoms in total. The van der Waals surface area contributed by atoms with Crippen molar-refractivity contribution in [2.45, 2.75) is 13.8 Å². The summed E-state index contributed by atoms with van der Waals surface area (Å²) in [7, 11) is 1.53. The summed E-state index contributed by atoms with van der Waals surface area (Å²) in [4.78, 5) is 24.9. The van der Waals surface area contributed by atoms with Crippen LogP contribution in [0.5, 0.6) is 5.75 Å². The minimum absolute atomic E-state index is 0.0279. The second kappa shape index (κ2) is 6.78. The van der Waals surface area contributed by atoms with E-state index in [2.05, 4.69) is 5.32 Å². The lowest BCUT2D eigenvalue weighted by Crippen LogP contribution is -2.39. The van der Waals surface area contributed by atoms with Gasteiger partial charge in [0.25, 0.3) is 5.91 Å². The number of para-hydroxylation sites is 1. The van der Waals surface area contributed by atoms with Crippen molar-refractivity contribution in [3.8, 4) is 5.75 Å². The second-order valence-corrected chi connectivity index (χ2v) is 4.88. The first-order chi connectivity index (χ1) is 8.91. The zero-order valence-corrected chi connectivity index (χ0v) is 11.5. The normalized spacial score (nSPS) is 10.3. The highest BCUT2D eigenvalue weighted by Crippen LogP contribution is 2.16. The number of phenolic OH excluding ortho intramolecular Hbond substituents is 1. The van der Waals surface area contributed by atoms with Crippen molar-refractivity contribution in [1.82, 2.24) is 10.2 Å². The minimum Gasteiger partial charge on any atom is -0.507 e. The molecule has 5 heteroatoms. The maximum Gasteiger partial charge on any atom is 0.257 e. The summed E-state index contributed by atoms with van der Waals surface area (Å²) in [5.74, 6) is -0.303. The number of rotatable bonds is 5. The molecule has 1 rings (SSSR count). The SMILES string of the molecule is CC(C)CNC(=O)CN(C)C(=O)c1ccccc1O. The van der Waals surface area contributed by atoms with Crippen molar-refractivity contribution < 1.29 is 14.7 Å². The highest BCUT2D eigenvalue weighted by Gasteiger charge is 2.17. The Morgan fingerprint density at radius 1 is 1.32 bits per heavy atom. The quantitative estimate of drug-likeness (QED) is 0.840. The molecule has 0 spiro atoms. The summed E-state index contributed by atoms with van der Waals surface area (Å²) >= 11 is 0. The van der Waals surface area contributed by atoms with Gasteiger partial charge >= 0.3 is 0 Å². The minimum atomic E-state index is -0.377. The van der Waals surface area contributed by atoms with E-state index in [4.69, 9.17) is 0 Å². The van der Waals surface area contributed by atoms with Gasteiger partial charge in [0.05, 0.1) is 12.1 Å². The highest BCUT2D eigenvalue weighted by molar-refractivity contribution is 5.98. The molecule has 1 aromatic carbocycles. The Hall–Kier alpha value is -2.04. The lowest BCUT2D eigenvalue weighted by Gasteiger charge is -2.17. The van der Waals surface area contributed by atoms with Gasteiger partial charge in [-0.25, -0.2) is 0 Å². The Morgan fingerprint density at radius 3 is 2.53 bits per heavy atom. The third-order valence-electron chi connectivity index (χ3n) is 2.57. The molecule has 2 N–H and O–H groups in total. The van der Waals surface area contributed by atoms with E-state index in [0.29, 0.717) is 12.5 Å². The number of nitrogens with one attached hydrogen (secondary N) is 1. The largest absolute Gasteiger partial charge is 0.507 e. The summed E-state index contributed by atoms with van der Waals surface area (Å²) in [6.07, 6.45) is 0. The number of aromatic hydroxyl groups is 1. The van der Waals surface area contributed by atoms with E-state index in [-0.39, 0.29) is 29.7 Å². The van der Waals surface area contributed by atoms with Crippen LogP contribution in [0.3, 0.4) is 0 Å². The molecule has 0 heterocycles. The molecule has 104 valence electrons. The molecule has 19 heavy (non-hydrogen) atoms. The predicted molar refractivity (Wildman–Crippen MR) is 72.9 cm³/mol. The van der Waals surface area contributed by atoms with E-state index in [0.717, 1.165) is 0 Å². The molecule has 1 aromatic rings. The zero-order chi connectivity index (χ0) is 14.4. The number of benzene rings is 1. The number of likely N-dealkylation sites (N-methyl/N-ethyl adjacent to an activating group) is 1. The molecule has 2 amide bonds. The molecular formula is C14H20N2O3. The Labute approximate surface area is 113 Å². The first-order valence-corrected chi connectivity index (χ1v) is 6.22. The Bertz CT molecular complexity index is 458. The lowest BCUT2D eigenvalue weighted by molar-refractivity contribution is -0.121. The van der Waals surface area contributed by atoms with Crippen molar-refractivity contribution >= 4 is 11.8 Å². The molecule has 0 saturated carbocycles. The van der Waals surface area contributed by atoms with Crippen LogP contribution < -0.4 is 5.32 Å². The van der Waals surface area contributed by atoms with Crippen molar-refractivity contribution in [3.05, 3.63) is 29.8 Å². The van der Waals surface area contributed by atoms with Crippen LogP contribution in [0.25, 0.3) is 0 Å². The van der Waals surface area contributed by atoms with Gasteiger partial charge in [-0.1, -0.05) is 26.0 Å². The fraction of sp³-hybridized carbons (Fsp3) is 0.429. The Morgan fingerprint density at radius 2 is 1.95 bits per heavy atom. The molecular weight excluding hydrogens is 244 g/mol. The number of nitrogens with zero attached hydrogens (tertiary/aromatic N) is 1. The molecule has 0 saturated heterocycles. The molecule has 0 radical (unpaired) electrons. The lowest BCUT2D eigenvalue weighted by atomic mass is 10.2. The number of carbonyl (C=O) groups is 2. The van der Waals surface area contributed by atoms with E-state index < -0.39 is 0 Å². The average molecular weight is 264 g/mol. The Balaban J connectivity index is 2.58. The van der Waals surface area contributed by atoms with Crippen molar-refractivity contribution in [3.63, 3.8) is 0 Å². The van der Waals surface area contributed by atoms with Crippen molar-refractivity contribution in [1.29, 1.82) is 0 Å². The summed E-state index contributed by atoms with van der Waals surface area (Å²) in [6, 6.07) is 6.28. The zero-order valence-electron chi connectivity index (χ0n) is 11.5. The monoisotopic (exact) mass is 264 g/mol. The van der Waals surface area contributed by atoms with Gasteiger partial charge in [-0.3, -0.25) is 9.59 Å². The summed E-state index contributed by atoms with van der Waals surface area (Å²) in [6.45, 7) is 4.55. The van der Waals surface area contributed by atoms with Gasteiger partial charge in [0, 0.05) is 13.6 Å². The fourth-order valence-electron chi connectivity index (χ4n) is 1.52. The molecule has 0 aliphatic carbocycles. The van der Waals surface area contributed by atoms with Gasteiger partial charge in [-0.05, 0) is 18.1 Å². The van der Waals surface area contributed by atoms with Crippen LogP contribution in [0.2, 0.25) is 0 Å². The number of amides is 2. The predicted octanol–water partition coefficient (Wildman–Crippen LogP) is 1.24. The molecule has 0 fully saturated rings. The van der Waals surface area contributed by atoms with Crippen LogP contribution in [0.15, 0.2) is 24.3 Å². The number of carbonyl (C=O) groups excluding carboxylic acids is 2. The van der Waals surface area contributed by atoms with E-state index in [1.165, 1.54) is 24.1 Å². The van der Waals surface area contributed by atoms with Crippen molar-refractivity contribution in [2.24, 2.45) is 5.92 Å². The van der Waals surface area contributed by atoms with E-state index in [1.54, 1.807) is 12.1 Å². The van der Waals surface area contributed by atoms with Gasteiger partial charge in [-0.15, -0.1) is 0 Å². The van der Waals surface area contributed by atoms with Crippen LogP contribution in [-0.4, -0.2) is 42.0 Å². The molecule has 0 aliphatic rings. The van der Waals surface area contributed by atoms with E-state index in [9.17, 15) is 14.7 Å². The maximum atomic E-state index is 12.0. The first-order valence-electron chi connectivity index (χ1n) is 6.22. The van der Waals surface area contributed by atoms with Crippen LogP contribution in [-0.2, 0) is 4.79 Å². The summed E-state index contributed by atoms with van der Waals surface area (Å²) < 4.78 is 0. The fourth-order valence-corrected chi connectivity index (χ4v) is 1.52. The number of phenols is 1. The first kappa shape index (κ1) is 15.0. The second-order valence-electron chi connectivity index (χ2n) is 4.88. The molecule has 0 aliphatic heterocycles. The average Bonchev–Trinajstić information content (AvgIpc) is 2.36. The molecule has 0 aromatic heterocycles. The van der Waals surface area contributed by atoms with Crippen LogP contribution in [0, 0.1) is 5.92 Å². The van der Waals surface area contributed by atoms with Crippen molar-refractivity contribution in [2.75, 3.05) is 20.1 Å². The van der Waals surface area contributed by atoms with Gasteiger partial charge in [-0.2, -0.15) is 0 Å². The van der Waals surface area contributed by atoms with Crippen LogP contribution in [0.4, 0.5) is 0 Å². The summed E-state index contributed by atoms with van der Waals surface area (Å²) in [5.41, 5.74) is 0.196. The van der Waals surface area contributed by atoms with E-state index in [1.807, 2.05) is 13.8 Å². The van der Waals surface area contributed by atoms with E-state index >= 15 is 0 Å². The highest BCUT2D eigenvalue weighted by atomic mass is 16.3. The van der Waals surface area contributed by atoms with Gasteiger partial charge in [0.2, 0.25) is 5.91 Å². The number of hydrogen-bond acceptors (Lipinski definition) is 3. The third kappa shape index (κ3) is 4.62. The van der Waals surface area contributed by atoms with Gasteiger partial charge in [0.15, 0.2) is 0 Å². The Kier molecular flexibility index (Phi) is 5.36. The molecule has 0 bridgehead atoms.